The third-order valence-electron chi connectivity index (χ3n) is 4.19. The van der Waals surface area contributed by atoms with Crippen molar-refractivity contribution in [2.45, 2.75) is 27.2 Å². The maximum absolute atomic E-state index is 11.2. The zero-order valence-electron chi connectivity index (χ0n) is 16.1. The summed E-state index contributed by atoms with van der Waals surface area (Å²) in [5, 5.41) is 0.638. The second-order valence-electron chi connectivity index (χ2n) is 6.13. The average Bonchev–Trinajstić information content (AvgIpc) is 2.96. The SMILES string of the molecule is C=c1[nH]c(=O)s/c1=C\c1cccc(N)c1/C=C\C.CCc1ccccc1C. The van der Waals surface area contributed by atoms with Gasteiger partial charge in [-0.2, -0.15) is 0 Å². The predicted octanol–water partition coefficient (Wildman–Crippen LogP) is 3.85. The Morgan fingerprint density at radius 3 is 2.48 bits per heavy atom. The molecule has 3 N–H and O–H groups in total. The van der Waals surface area contributed by atoms with E-state index in [1.165, 1.54) is 11.1 Å². The molecular formula is C23H26N2OS. The summed E-state index contributed by atoms with van der Waals surface area (Å²) in [5.41, 5.74) is 11.5. The molecular weight excluding hydrogens is 352 g/mol. The third kappa shape index (κ3) is 5.56. The Hall–Kier alpha value is -2.85. The smallest absolute Gasteiger partial charge is 0.305 e. The highest BCUT2D eigenvalue weighted by molar-refractivity contribution is 7.07. The molecule has 0 saturated carbocycles. The van der Waals surface area contributed by atoms with E-state index >= 15 is 0 Å². The van der Waals surface area contributed by atoms with Gasteiger partial charge in [0.05, 0.1) is 9.88 Å². The summed E-state index contributed by atoms with van der Waals surface area (Å²) >= 11 is 1.15. The number of benzene rings is 2. The molecule has 2 aromatic carbocycles. The minimum Gasteiger partial charge on any atom is -0.398 e. The average molecular weight is 379 g/mol. The predicted molar refractivity (Wildman–Crippen MR) is 119 cm³/mol. The second-order valence-corrected chi connectivity index (χ2v) is 7.15. The maximum atomic E-state index is 11.2. The van der Waals surface area contributed by atoms with Crippen LogP contribution in [0.15, 0.2) is 53.3 Å². The van der Waals surface area contributed by atoms with Crippen molar-refractivity contribution in [3.05, 3.63) is 90.3 Å². The van der Waals surface area contributed by atoms with Gasteiger partial charge in [-0.25, -0.2) is 0 Å². The molecule has 27 heavy (non-hydrogen) atoms. The first kappa shape index (κ1) is 20.5. The van der Waals surface area contributed by atoms with Crippen molar-refractivity contribution in [3.8, 4) is 0 Å². The number of hydrogen-bond donors (Lipinski definition) is 2. The lowest BCUT2D eigenvalue weighted by Crippen LogP contribution is -2.19. The van der Waals surface area contributed by atoms with Crippen LogP contribution in [-0.2, 0) is 6.42 Å². The number of anilines is 1. The van der Waals surface area contributed by atoms with Gasteiger partial charge in [-0.1, -0.05) is 73.4 Å². The molecule has 0 aliphatic rings. The molecule has 0 amide bonds. The topological polar surface area (TPSA) is 58.9 Å². The van der Waals surface area contributed by atoms with Crippen molar-refractivity contribution in [2.75, 3.05) is 5.73 Å². The molecule has 3 nitrogen and oxygen atoms in total. The number of aromatic nitrogens is 1. The summed E-state index contributed by atoms with van der Waals surface area (Å²) in [6.45, 7) is 10.1. The Balaban J connectivity index is 0.000000244. The lowest BCUT2D eigenvalue weighted by molar-refractivity contribution is 1.11. The second kappa shape index (κ2) is 9.74. The summed E-state index contributed by atoms with van der Waals surface area (Å²) in [6.07, 6.45) is 6.97. The van der Waals surface area contributed by atoms with Crippen LogP contribution in [0.25, 0.3) is 18.7 Å². The first-order valence-electron chi connectivity index (χ1n) is 8.91. The van der Waals surface area contributed by atoms with Crippen molar-refractivity contribution in [2.24, 2.45) is 0 Å². The highest BCUT2D eigenvalue weighted by atomic mass is 32.1. The number of thiazole rings is 1. The van der Waals surface area contributed by atoms with Gasteiger partial charge < -0.3 is 10.7 Å². The number of H-pyrrole nitrogens is 1. The van der Waals surface area contributed by atoms with Crippen molar-refractivity contribution in [1.82, 2.24) is 4.98 Å². The van der Waals surface area contributed by atoms with E-state index < -0.39 is 0 Å². The van der Waals surface area contributed by atoms with E-state index in [1.807, 2.05) is 43.4 Å². The molecule has 0 aliphatic heterocycles. The molecule has 0 unspecified atom stereocenters. The quantitative estimate of drug-likeness (QED) is 0.680. The molecule has 3 aromatic rings. The van der Waals surface area contributed by atoms with E-state index in [2.05, 4.69) is 49.7 Å². The molecule has 0 fully saturated rings. The normalized spacial score (nSPS) is 11.4. The number of allylic oxidation sites excluding steroid dienone is 1. The van der Waals surface area contributed by atoms with E-state index in [1.54, 1.807) is 0 Å². The minimum atomic E-state index is -0.0947. The first-order valence-corrected chi connectivity index (χ1v) is 9.73. The fourth-order valence-corrected chi connectivity index (χ4v) is 3.46. The van der Waals surface area contributed by atoms with Crippen molar-refractivity contribution in [3.63, 3.8) is 0 Å². The first-order chi connectivity index (χ1) is 13.0. The van der Waals surface area contributed by atoms with E-state index in [9.17, 15) is 4.79 Å². The number of rotatable bonds is 3. The molecule has 0 atom stereocenters. The molecule has 0 spiro atoms. The lowest BCUT2D eigenvalue weighted by Gasteiger charge is -2.04. The van der Waals surface area contributed by atoms with Crippen LogP contribution in [0, 0.1) is 6.92 Å². The number of hydrogen-bond acceptors (Lipinski definition) is 3. The zero-order chi connectivity index (χ0) is 19.8. The minimum absolute atomic E-state index is 0.0947. The number of nitrogens with one attached hydrogen (secondary N) is 1. The van der Waals surface area contributed by atoms with E-state index in [0.29, 0.717) is 5.35 Å². The molecule has 0 saturated heterocycles. The third-order valence-corrected chi connectivity index (χ3v) is 5.06. The van der Waals surface area contributed by atoms with Crippen LogP contribution in [0.1, 0.15) is 36.1 Å². The van der Waals surface area contributed by atoms with Gasteiger partial charge in [0.25, 0.3) is 0 Å². The highest BCUT2D eigenvalue weighted by Gasteiger charge is 2.01. The van der Waals surface area contributed by atoms with E-state index in [-0.39, 0.29) is 4.87 Å². The Kier molecular flexibility index (Phi) is 7.38. The van der Waals surface area contributed by atoms with Crippen LogP contribution in [0.3, 0.4) is 0 Å². The molecule has 3 rings (SSSR count). The fraction of sp³-hybridized carbons (Fsp3) is 0.174. The summed E-state index contributed by atoms with van der Waals surface area (Å²) in [7, 11) is 0. The molecule has 0 aliphatic carbocycles. The Morgan fingerprint density at radius 1 is 1.19 bits per heavy atom. The van der Waals surface area contributed by atoms with E-state index in [0.717, 1.165) is 39.1 Å². The van der Waals surface area contributed by atoms with Gasteiger partial charge in [-0.05, 0) is 49.1 Å². The Bertz CT molecular complexity index is 1090. The van der Waals surface area contributed by atoms with Gasteiger partial charge in [-0.15, -0.1) is 0 Å². The number of aromatic amines is 1. The monoisotopic (exact) mass is 378 g/mol. The number of aryl methyl sites for hydroxylation is 2. The fourth-order valence-electron chi connectivity index (χ4n) is 2.72. The maximum Gasteiger partial charge on any atom is 0.305 e. The lowest BCUT2D eigenvalue weighted by atomic mass is 10.0. The van der Waals surface area contributed by atoms with Gasteiger partial charge in [-0.3, -0.25) is 4.79 Å². The molecule has 0 bridgehead atoms. The standard InChI is InChI=1S/C14H14N2OS.C9H12/c1-3-5-11-10(6-4-7-12(11)15)8-13-9(2)16-14(17)18-13;1-3-9-7-5-4-6-8(9)2/h3-8H,2,15H2,1H3,(H,16,17);4-7H,3H2,1-2H3/b5-3-,13-8-;. The summed E-state index contributed by atoms with van der Waals surface area (Å²) in [6, 6.07) is 14.2. The van der Waals surface area contributed by atoms with Gasteiger partial charge in [0, 0.05) is 11.3 Å². The van der Waals surface area contributed by atoms with Crippen LogP contribution in [0.2, 0.25) is 0 Å². The van der Waals surface area contributed by atoms with Gasteiger partial charge >= 0.3 is 4.87 Å². The van der Waals surface area contributed by atoms with Crippen LogP contribution in [0.4, 0.5) is 5.69 Å². The largest absolute Gasteiger partial charge is 0.398 e. The number of nitrogens with two attached hydrogens (primary N) is 1. The van der Waals surface area contributed by atoms with E-state index in [4.69, 9.17) is 5.73 Å². The molecule has 140 valence electrons. The van der Waals surface area contributed by atoms with Gasteiger partial charge in [0.1, 0.15) is 0 Å². The molecule has 1 heterocycles. The molecule has 1 aromatic heterocycles. The summed E-state index contributed by atoms with van der Waals surface area (Å²) < 4.78 is 0.830. The van der Waals surface area contributed by atoms with Crippen LogP contribution < -0.4 is 20.5 Å². The zero-order valence-corrected chi connectivity index (χ0v) is 16.9. The van der Waals surface area contributed by atoms with Gasteiger partial charge in [0.2, 0.25) is 0 Å². The van der Waals surface area contributed by atoms with Crippen LogP contribution >= 0.6 is 11.3 Å². The van der Waals surface area contributed by atoms with Gasteiger partial charge in [0.15, 0.2) is 0 Å². The van der Waals surface area contributed by atoms with Crippen LogP contribution in [-0.4, -0.2) is 4.98 Å². The Labute approximate surface area is 164 Å². The Morgan fingerprint density at radius 2 is 1.93 bits per heavy atom. The number of nitrogen functional groups attached to an aromatic ring is 1. The summed E-state index contributed by atoms with van der Waals surface area (Å²) in [4.78, 5) is 13.8. The summed E-state index contributed by atoms with van der Waals surface area (Å²) in [5.74, 6) is 0. The highest BCUT2D eigenvalue weighted by Crippen LogP contribution is 2.19. The van der Waals surface area contributed by atoms with Crippen molar-refractivity contribution in [1.29, 1.82) is 0 Å². The van der Waals surface area contributed by atoms with Crippen molar-refractivity contribution < 1.29 is 0 Å². The molecule has 4 heteroatoms. The molecule has 0 radical (unpaired) electrons. The van der Waals surface area contributed by atoms with Crippen LogP contribution in [0.5, 0.6) is 0 Å². The van der Waals surface area contributed by atoms with Crippen molar-refractivity contribution >= 4 is 35.8 Å².